The summed E-state index contributed by atoms with van der Waals surface area (Å²) < 4.78 is 16.8. The lowest BCUT2D eigenvalue weighted by Gasteiger charge is -2.18. The van der Waals surface area contributed by atoms with E-state index < -0.39 is 6.10 Å². The minimum absolute atomic E-state index is 0.0765. The van der Waals surface area contributed by atoms with Crippen molar-refractivity contribution in [2.45, 2.75) is 297 Å². The predicted molar refractivity (Wildman–Crippen MR) is 279 cm³/mol. The van der Waals surface area contributed by atoms with E-state index in [0.717, 1.165) is 77.0 Å². The van der Waals surface area contributed by atoms with Gasteiger partial charge < -0.3 is 14.2 Å². The van der Waals surface area contributed by atoms with Crippen LogP contribution >= 0.6 is 0 Å². The number of unbranched alkanes of at least 4 members (excludes halogenated alkanes) is 32. The fourth-order valence-electron chi connectivity index (χ4n) is 8.03. The molecule has 6 heteroatoms. The summed E-state index contributed by atoms with van der Waals surface area (Å²) in [6.45, 7) is 6.61. The zero-order valence-electron chi connectivity index (χ0n) is 43.3. The quantitative estimate of drug-likeness (QED) is 0.0262. The Hall–Kier alpha value is -2.63. The maximum Gasteiger partial charge on any atom is 0.306 e. The van der Waals surface area contributed by atoms with Crippen LogP contribution < -0.4 is 0 Å². The molecule has 0 aromatic carbocycles. The third-order valence-corrected chi connectivity index (χ3v) is 12.3. The van der Waals surface area contributed by atoms with Crippen LogP contribution in [0.25, 0.3) is 0 Å². The van der Waals surface area contributed by atoms with Crippen molar-refractivity contribution in [3.63, 3.8) is 0 Å². The van der Waals surface area contributed by atoms with Gasteiger partial charge in [-0.1, -0.05) is 236 Å². The summed E-state index contributed by atoms with van der Waals surface area (Å²) in [5.41, 5.74) is 0. The van der Waals surface area contributed by atoms with Crippen molar-refractivity contribution >= 4 is 17.9 Å². The molecule has 0 aliphatic carbocycles. The molecule has 0 spiro atoms. The number of esters is 3. The Balaban J connectivity index is 4.35. The maximum atomic E-state index is 12.8. The fourth-order valence-corrected chi connectivity index (χ4v) is 8.03. The van der Waals surface area contributed by atoms with Crippen LogP contribution in [0.3, 0.4) is 0 Å². The van der Waals surface area contributed by atoms with E-state index in [2.05, 4.69) is 69.4 Å². The van der Waals surface area contributed by atoms with Gasteiger partial charge in [-0.2, -0.15) is 0 Å². The molecule has 0 N–H and O–H groups in total. The minimum atomic E-state index is -0.778. The van der Waals surface area contributed by atoms with Gasteiger partial charge in [0.05, 0.1) is 0 Å². The van der Waals surface area contributed by atoms with Crippen molar-refractivity contribution in [3.05, 3.63) is 48.6 Å². The van der Waals surface area contributed by atoms with Crippen LogP contribution in [-0.2, 0) is 28.6 Å². The van der Waals surface area contributed by atoms with E-state index in [1.807, 2.05) is 0 Å². The highest BCUT2D eigenvalue weighted by Gasteiger charge is 2.19. The van der Waals surface area contributed by atoms with Crippen LogP contribution in [0, 0.1) is 0 Å². The Labute approximate surface area is 403 Å². The molecule has 1 atom stereocenters. The van der Waals surface area contributed by atoms with Crippen molar-refractivity contribution in [3.8, 4) is 0 Å². The molecular formula is C59H106O6. The molecule has 0 aliphatic heterocycles. The number of hydrogen-bond acceptors (Lipinski definition) is 6. The van der Waals surface area contributed by atoms with E-state index in [0.29, 0.717) is 19.3 Å². The van der Waals surface area contributed by atoms with Crippen LogP contribution in [-0.4, -0.2) is 37.2 Å². The van der Waals surface area contributed by atoms with E-state index >= 15 is 0 Å². The minimum Gasteiger partial charge on any atom is -0.462 e. The van der Waals surface area contributed by atoms with Gasteiger partial charge in [0.15, 0.2) is 6.10 Å². The molecule has 65 heavy (non-hydrogen) atoms. The Bertz CT molecular complexity index is 1140. The highest BCUT2D eigenvalue weighted by Crippen LogP contribution is 2.15. The van der Waals surface area contributed by atoms with E-state index in [1.54, 1.807) is 0 Å². The predicted octanol–water partition coefficient (Wildman–Crippen LogP) is 18.7. The Morgan fingerprint density at radius 1 is 0.308 bits per heavy atom. The number of ether oxygens (including phenoxy) is 3. The zero-order valence-corrected chi connectivity index (χ0v) is 43.3. The first kappa shape index (κ1) is 62.4. The van der Waals surface area contributed by atoms with Gasteiger partial charge in [0, 0.05) is 19.3 Å². The van der Waals surface area contributed by atoms with Gasteiger partial charge in [-0.3, -0.25) is 14.4 Å². The van der Waals surface area contributed by atoms with Crippen LogP contribution in [0.15, 0.2) is 48.6 Å². The van der Waals surface area contributed by atoms with Gasteiger partial charge in [-0.25, -0.2) is 0 Å². The lowest BCUT2D eigenvalue weighted by molar-refractivity contribution is -0.167. The Morgan fingerprint density at radius 2 is 0.554 bits per heavy atom. The molecule has 0 saturated carbocycles. The second-order valence-electron chi connectivity index (χ2n) is 18.8. The first-order valence-corrected chi connectivity index (χ1v) is 28.1. The van der Waals surface area contributed by atoms with Crippen molar-refractivity contribution in [2.75, 3.05) is 13.2 Å². The van der Waals surface area contributed by atoms with Crippen LogP contribution in [0.2, 0.25) is 0 Å². The van der Waals surface area contributed by atoms with Crippen LogP contribution in [0.4, 0.5) is 0 Å². The van der Waals surface area contributed by atoms with Gasteiger partial charge in [0.1, 0.15) is 13.2 Å². The summed E-state index contributed by atoms with van der Waals surface area (Å²) in [5, 5.41) is 0. The highest BCUT2D eigenvalue weighted by molar-refractivity contribution is 5.71. The first-order chi connectivity index (χ1) is 32.0. The van der Waals surface area contributed by atoms with E-state index in [1.165, 1.54) is 173 Å². The molecule has 0 aliphatic rings. The normalized spacial score (nSPS) is 12.4. The molecule has 0 rings (SSSR count). The van der Waals surface area contributed by atoms with Gasteiger partial charge in [0.25, 0.3) is 0 Å². The third kappa shape index (κ3) is 52.2. The summed E-state index contributed by atoms with van der Waals surface area (Å²) in [6, 6.07) is 0. The van der Waals surface area contributed by atoms with E-state index in [4.69, 9.17) is 14.2 Å². The van der Waals surface area contributed by atoms with Gasteiger partial charge in [0.2, 0.25) is 0 Å². The molecule has 0 amide bonds. The van der Waals surface area contributed by atoms with Crippen molar-refractivity contribution in [2.24, 2.45) is 0 Å². The molecule has 0 bridgehead atoms. The van der Waals surface area contributed by atoms with Gasteiger partial charge >= 0.3 is 17.9 Å². The van der Waals surface area contributed by atoms with E-state index in [9.17, 15) is 14.4 Å². The molecule has 0 aromatic rings. The van der Waals surface area contributed by atoms with E-state index in [-0.39, 0.29) is 31.1 Å². The molecule has 1 unspecified atom stereocenters. The first-order valence-electron chi connectivity index (χ1n) is 28.1. The summed E-state index contributed by atoms with van der Waals surface area (Å²) >= 11 is 0. The van der Waals surface area contributed by atoms with Crippen molar-refractivity contribution < 1.29 is 28.6 Å². The number of allylic oxidation sites excluding steroid dienone is 8. The van der Waals surface area contributed by atoms with Gasteiger partial charge in [-0.05, 0) is 83.5 Å². The maximum absolute atomic E-state index is 12.8. The standard InChI is InChI=1S/C59H106O6/c1-4-7-10-13-16-19-22-24-26-28-29-31-32-34-37-40-43-46-49-52-58(61)64-55-56(54-63-57(60)51-48-45-42-39-36-21-18-15-12-9-6-3)65-59(62)53-50-47-44-41-38-35-33-30-27-25-23-20-17-14-11-8-5-2/h16,19,24-27,29,31,56H,4-15,17-18,20-23,28,30,32-55H2,1-3H3/b19-16-,26-24-,27-25-,31-29-. The largest absolute Gasteiger partial charge is 0.462 e. The molecule has 0 fully saturated rings. The summed E-state index contributed by atoms with van der Waals surface area (Å²) in [7, 11) is 0. The Morgan fingerprint density at radius 3 is 0.908 bits per heavy atom. The molecule has 378 valence electrons. The molecule has 0 heterocycles. The summed E-state index contributed by atoms with van der Waals surface area (Å²) in [4.78, 5) is 38.1. The number of carbonyl (C=O) groups is 3. The Kier molecular flexibility index (Phi) is 51.8. The van der Waals surface area contributed by atoms with Crippen LogP contribution in [0.5, 0.6) is 0 Å². The van der Waals surface area contributed by atoms with Crippen molar-refractivity contribution in [1.82, 2.24) is 0 Å². The lowest BCUT2D eigenvalue weighted by Crippen LogP contribution is -2.30. The third-order valence-electron chi connectivity index (χ3n) is 12.3. The lowest BCUT2D eigenvalue weighted by atomic mass is 10.1. The smallest absolute Gasteiger partial charge is 0.306 e. The number of carbonyl (C=O) groups excluding carboxylic acids is 3. The molecule has 6 nitrogen and oxygen atoms in total. The van der Waals surface area contributed by atoms with Crippen molar-refractivity contribution in [1.29, 1.82) is 0 Å². The average Bonchev–Trinajstić information content (AvgIpc) is 3.30. The average molecular weight is 911 g/mol. The molecular weight excluding hydrogens is 805 g/mol. The second-order valence-corrected chi connectivity index (χ2v) is 18.8. The number of rotatable bonds is 51. The molecule has 0 radical (unpaired) electrons. The second kappa shape index (κ2) is 54.0. The molecule has 0 aromatic heterocycles. The SMILES string of the molecule is CCCCC/C=C\C/C=C\C/C=C\CCCCCCCCC(=O)OCC(COC(=O)CCCCCCCCCCCCC)OC(=O)CCCCCCCCC/C=C\CCCCCCCC. The fraction of sp³-hybridized carbons (Fsp3) is 0.814. The number of hydrogen-bond donors (Lipinski definition) is 0. The summed E-state index contributed by atoms with van der Waals surface area (Å²) in [6.07, 6.45) is 65.2. The highest BCUT2D eigenvalue weighted by atomic mass is 16.6. The van der Waals surface area contributed by atoms with Crippen LogP contribution in [0.1, 0.15) is 290 Å². The summed E-state index contributed by atoms with van der Waals surface area (Å²) in [5.74, 6) is -0.883. The molecule has 0 saturated heterocycles. The topological polar surface area (TPSA) is 78.9 Å². The zero-order chi connectivity index (χ0) is 47.2. The van der Waals surface area contributed by atoms with Gasteiger partial charge in [-0.15, -0.1) is 0 Å². The monoisotopic (exact) mass is 911 g/mol.